The van der Waals surface area contributed by atoms with Crippen LogP contribution >= 0.6 is 0 Å². The third-order valence-electron chi connectivity index (χ3n) is 5.89. The van der Waals surface area contributed by atoms with Gasteiger partial charge in [-0.05, 0) is 83.9 Å². The lowest BCUT2D eigenvalue weighted by molar-refractivity contribution is 0.0208. The lowest BCUT2D eigenvalue weighted by Gasteiger charge is -2.30. The summed E-state index contributed by atoms with van der Waals surface area (Å²) in [6.45, 7) is 7.57. The first kappa shape index (κ1) is 34.5. The van der Waals surface area contributed by atoms with Gasteiger partial charge in [0, 0.05) is 20.2 Å². The highest BCUT2D eigenvalue weighted by Crippen LogP contribution is 2.22. The molecule has 3 rings (SSSR count). The number of ether oxygens (including phenoxy) is 1. The summed E-state index contributed by atoms with van der Waals surface area (Å²) in [5, 5.41) is 30.0. The van der Waals surface area contributed by atoms with E-state index in [2.05, 4.69) is 5.32 Å². The summed E-state index contributed by atoms with van der Waals surface area (Å²) in [6.07, 6.45) is 6.93. The topological polar surface area (TPSA) is 102 Å². The van der Waals surface area contributed by atoms with Crippen molar-refractivity contribution in [3.05, 3.63) is 35.9 Å². The number of carbonyl (C=O) groups excluding carboxylic acids is 1. The fourth-order valence-corrected chi connectivity index (χ4v) is 3.97. The van der Waals surface area contributed by atoms with Gasteiger partial charge in [-0.25, -0.2) is 4.79 Å². The van der Waals surface area contributed by atoms with Gasteiger partial charge in [-0.3, -0.25) is 0 Å². The van der Waals surface area contributed by atoms with Crippen molar-refractivity contribution in [2.45, 2.75) is 97.9 Å². The Morgan fingerprint density at radius 3 is 1.79 bits per heavy atom. The number of amides is 1. The van der Waals surface area contributed by atoms with E-state index in [9.17, 15) is 15.0 Å². The minimum Gasteiger partial charge on any atom is -0.445 e. The zero-order valence-corrected chi connectivity index (χ0v) is 20.2. The Kier molecular flexibility index (Phi) is 18.9. The van der Waals surface area contributed by atoms with E-state index in [1.807, 2.05) is 44.2 Å². The summed E-state index contributed by atoms with van der Waals surface area (Å²) in [5.41, 5.74) is 0.0260. The van der Waals surface area contributed by atoms with E-state index in [4.69, 9.17) is 9.84 Å². The highest BCUT2D eigenvalue weighted by molar-refractivity contribution is 5.67. The quantitative estimate of drug-likeness (QED) is 0.484. The molecule has 0 atom stereocenters. The van der Waals surface area contributed by atoms with Gasteiger partial charge in [0.05, 0.1) is 11.2 Å². The fraction of sp³-hybridized carbons (Fsp3) is 0.741. The van der Waals surface area contributed by atoms with E-state index >= 15 is 0 Å². The van der Waals surface area contributed by atoms with E-state index in [0.29, 0.717) is 19.7 Å². The fourth-order valence-electron chi connectivity index (χ4n) is 3.97. The summed E-state index contributed by atoms with van der Waals surface area (Å²) in [6, 6.07) is 9.69. The monoisotopic (exact) mass is 484 g/mol. The third-order valence-corrected chi connectivity index (χ3v) is 5.89. The number of carbonyl (C=O) groups is 1. The molecule has 0 radical (unpaired) electrons. The molecule has 0 aliphatic carbocycles. The molecule has 0 spiro atoms. The summed E-state index contributed by atoms with van der Waals surface area (Å²) < 4.78 is 5.34. The first-order chi connectivity index (χ1) is 15.3. The van der Waals surface area contributed by atoms with Crippen LogP contribution in [0.4, 0.5) is 4.79 Å². The highest BCUT2D eigenvalue weighted by Gasteiger charge is 2.25. The van der Waals surface area contributed by atoms with Crippen LogP contribution in [-0.4, -0.2) is 70.8 Å². The maximum Gasteiger partial charge on any atom is 0.410 e. The molecule has 0 saturated carbocycles. The normalized spacial score (nSPS) is 19.3. The molecule has 200 valence electrons. The van der Waals surface area contributed by atoms with Crippen LogP contribution in [0.5, 0.6) is 0 Å². The number of hydrogen-bond donors (Lipinski definition) is 4. The van der Waals surface area contributed by atoms with E-state index in [1.54, 1.807) is 4.90 Å². The maximum atomic E-state index is 12.0. The van der Waals surface area contributed by atoms with E-state index in [1.165, 1.54) is 0 Å². The standard InChI is InChI=1S/C16H23NO3.C8H17NO.CH4O.2CH4/c1-16(19)9-5-11-17(12-6-10-16)15(18)20-13-14-7-3-2-4-8-14;1-8(10)4-2-6-9-7-3-5-8;1-2;;/h2-4,7-8,19H,5-6,9-13H2,1H3;9-10H,2-7H2,1H3;2H,1H3;2*1H4. The van der Waals surface area contributed by atoms with Crippen LogP contribution in [0.25, 0.3) is 0 Å². The lowest BCUT2D eigenvalue weighted by atomic mass is 9.93. The smallest absolute Gasteiger partial charge is 0.410 e. The molecular formula is C27H52N2O5. The number of benzene rings is 1. The number of aliphatic hydroxyl groups excluding tert-OH is 1. The molecule has 1 amide bonds. The third kappa shape index (κ3) is 15.3. The van der Waals surface area contributed by atoms with Gasteiger partial charge in [-0.1, -0.05) is 45.2 Å². The molecule has 2 heterocycles. The first-order valence-electron chi connectivity index (χ1n) is 11.8. The van der Waals surface area contributed by atoms with Crippen molar-refractivity contribution in [2.75, 3.05) is 33.3 Å². The van der Waals surface area contributed by atoms with Crippen molar-refractivity contribution in [1.82, 2.24) is 10.2 Å². The van der Waals surface area contributed by atoms with Crippen LogP contribution in [0.15, 0.2) is 30.3 Å². The van der Waals surface area contributed by atoms with Gasteiger partial charge in [0.25, 0.3) is 0 Å². The van der Waals surface area contributed by atoms with Crippen molar-refractivity contribution in [3.8, 4) is 0 Å². The van der Waals surface area contributed by atoms with Crippen LogP contribution < -0.4 is 5.32 Å². The van der Waals surface area contributed by atoms with Crippen molar-refractivity contribution < 1.29 is 24.9 Å². The Hall–Kier alpha value is -1.67. The predicted octanol–water partition coefficient (Wildman–Crippen LogP) is 4.73. The zero-order chi connectivity index (χ0) is 23.9. The predicted molar refractivity (Wildman–Crippen MR) is 141 cm³/mol. The minimum absolute atomic E-state index is 0. The van der Waals surface area contributed by atoms with Crippen molar-refractivity contribution in [2.24, 2.45) is 0 Å². The van der Waals surface area contributed by atoms with Crippen molar-refractivity contribution in [1.29, 1.82) is 0 Å². The second kappa shape index (κ2) is 18.6. The van der Waals surface area contributed by atoms with Gasteiger partial charge in [0.15, 0.2) is 0 Å². The molecule has 0 aromatic heterocycles. The molecule has 2 saturated heterocycles. The van der Waals surface area contributed by atoms with Crippen molar-refractivity contribution in [3.63, 3.8) is 0 Å². The second-order valence-corrected chi connectivity index (χ2v) is 9.19. The molecule has 34 heavy (non-hydrogen) atoms. The Morgan fingerprint density at radius 1 is 0.882 bits per heavy atom. The van der Waals surface area contributed by atoms with Crippen LogP contribution in [0.2, 0.25) is 0 Å². The van der Waals surface area contributed by atoms with Crippen molar-refractivity contribution >= 4 is 6.09 Å². The molecule has 2 aliphatic rings. The van der Waals surface area contributed by atoms with Gasteiger partial charge in [-0.2, -0.15) is 0 Å². The summed E-state index contributed by atoms with van der Waals surface area (Å²) in [7, 11) is 1.00. The molecular weight excluding hydrogens is 432 g/mol. The van der Waals surface area contributed by atoms with Gasteiger partial charge < -0.3 is 30.3 Å². The number of likely N-dealkylation sites (tertiary alicyclic amines) is 1. The van der Waals surface area contributed by atoms with Gasteiger partial charge in [0.1, 0.15) is 6.61 Å². The Balaban J connectivity index is 0. The average molecular weight is 485 g/mol. The summed E-state index contributed by atoms with van der Waals surface area (Å²) >= 11 is 0. The van der Waals surface area contributed by atoms with Crippen LogP contribution in [-0.2, 0) is 11.3 Å². The highest BCUT2D eigenvalue weighted by atomic mass is 16.6. The molecule has 0 bridgehead atoms. The Morgan fingerprint density at radius 2 is 1.32 bits per heavy atom. The summed E-state index contributed by atoms with van der Waals surface area (Å²) in [5.74, 6) is 0. The first-order valence-corrected chi connectivity index (χ1v) is 11.8. The van der Waals surface area contributed by atoms with E-state index < -0.39 is 5.60 Å². The molecule has 7 nitrogen and oxygen atoms in total. The van der Waals surface area contributed by atoms with Gasteiger partial charge >= 0.3 is 6.09 Å². The number of hydrogen-bond acceptors (Lipinski definition) is 6. The van der Waals surface area contributed by atoms with Gasteiger partial charge in [-0.15, -0.1) is 0 Å². The summed E-state index contributed by atoms with van der Waals surface area (Å²) in [4.78, 5) is 13.8. The van der Waals surface area contributed by atoms with Crippen LogP contribution in [0.3, 0.4) is 0 Å². The molecule has 4 N–H and O–H groups in total. The maximum absolute atomic E-state index is 12.0. The lowest BCUT2D eigenvalue weighted by Crippen LogP contribution is -2.38. The number of nitrogens with one attached hydrogen (secondary N) is 1. The Labute approximate surface area is 208 Å². The molecule has 0 unspecified atom stereocenters. The zero-order valence-electron chi connectivity index (χ0n) is 20.2. The van der Waals surface area contributed by atoms with Crippen LogP contribution in [0, 0.1) is 0 Å². The molecule has 1 aromatic rings. The van der Waals surface area contributed by atoms with E-state index in [-0.39, 0.29) is 26.5 Å². The molecule has 1 aromatic carbocycles. The molecule has 2 aliphatic heterocycles. The minimum atomic E-state index is -0.583. The molecule has 7 heteroatoms. The SMILES string of the molecule is C.C.CC1(O)CCCN(C(=O)OCc2ccccc2)CCC1.CC1(O)CCCNCCC1.CO. The van der Waals surface area contributed by atoms with E-state index in [0.717, 1.165) is 77.1 Å². The largest absolute Gasteiger partial charge is 0.445 e. The number of rotatable bonds is 2. The van der Waals surface area contributed by atoms with Gasteiger partial charge in [0.2, 0.25) is 0 Å². The van der Waals surface area contributed by atoms with Crippen LogP contribution in [0.1, 0.15) is 85.6 Å². The second-order valence-electron chi connectivity index (χ2n) is 9.19. The number of aliphatic hydroxyl groups is 3. The number of nitrogens with zero attached hydrogens (tertiary/aromatic N) is 1. The average Bonchev–Trinajstić information content (AvgIpc) is 2.75. The Bertz CT molecular complexity index is 601. The molecule has 2 fully saturated rings.